The van der Waals surface area contributed by atoms with Crippen molar-refractivity contribution in [1.82, 2.24) is 0 Å². The van der Waals surface area contributed by atoms with Crippen LogP contribution < -0.4 is 0 Å². The molecule has 0 heterocycles. The minimum atomic E-state index is 0.567. The molecule has 1 aliphatic carbocycles. The summed E-state index contributed by atoms with van der Waals surface area (Å²) in [6, 6.07) is 19.5. The summed E-state index contributed by atoms with van der Waals surface area (Å²) in [6.45, 7) is 6.20. The van der Waals surface area contributed by atoms with Crippen LogP contribution in [0.1, 0.15) is 30.0 Å². The van der Waals surface area contributed by atoms with E-state index in [1.807, 2.05) is 0 Å². The van der Waals surface area contributed by atoms with Crippen molar-refractivity contribution in [2.24, 2.45) is 5.92 Å². The predicted octanol–water partition coefficient (Wildman–Crippen LogP) is 5.26. The van der Waals surface area contributed by atoms with Gasteiger partial charge in [-0.3, -0.25) is 0 Å². The molecule has 0 aliphatic heterocycles. The SMILES string of the molecule is C=C(C)CC1C=C(c2ccccc2)c2ccccc2C1. The molecule has 2 aromatic carbocycles. The fraction of sp³-hybridized carbons (Fsp3) is 0.200. The first-order valence-corrected chi connectivity index (χ1v) is 7.24. The zero-order chi connectivity index (χ0) is 13.9. The summed E-state index contributed by atoms with van der Waals surface area (Å²) in [7, 11) is 0. The van der Waals surface area contributed by atoms with Gasteiger partial charge in [0.2, 0.25) is 0 Å². The minimum absolute atomic E-state index is 0.567. The Morgan fingerprint density at radius 1 is 1.05 bits per heavy atom. The van der Waals surface area contributed by atoms with Gasteiger partial charge in [0, 0.05) is 0 Å². The summed E-state index contributed by atoms with van der Waals surface area (Å²) in [5, 5.41) is 0. The van der Waals surface area contributed by atoms with E-state index in [-0.39, 0.29) is 0 Å². The number of hydrogen-bond acceptors (Lipinski definition) is 0. The van der Waals surface area contributed by atoms with Crippen LogP contribution in [-0.2, 0) is 6.42 Å². The van der Waals surface area contributed by atoms with Gasteiger partial charge in [-0.15, -0.1) is 6.58 Å². The number of allylic oxidation sites excluding steroid dienone is 2. The lowest BCUT2D eigenvalue weighted by molar-refractivity contribution is 0.634. The van der Waals surface area contributed by atoms with E-state index in [2.05, 4.69) is 74.2 Å². The molecule has 0 heteroatoms. The average molecular weight is 260 g/mol. The van der Waals surface area contributed by atoms with E-state index in [4.69, 9.17) is 0 Å². The maximum atomic E-state index is 4.07. The molecule has 0 spiro atoms. The van der Waals surface area contributed by atoms with Crippen molar-refractivity contribution in [1.29, 1.82) is 0 Å². The fourth-order valence-electron chi connectivity index (χ4n) is 3.08. The number of benzene rings is 2. The Hall–Kier alpha value is -2.08. The van der Waals surface area contributed by atoms with Gasteiger partial charge in [-0.2, -0.15) is 0 Å². The van der Waals surface area contributed by atoms with Crippen LogP contribution in [0.25, 0.3) is 5.57 Å². The van der Waals surface area contributed by atoms with Gasteiger partial charge in [0.05, 0.1) is 0 Å². The van der Waals surface area contributed by atoms with E-state index in [0.29, 0.717) is 5.92 Å². The molecule has 0 saturated heterocycles. The second-order valence-electron chi connectivity index (χ2n) is 5.73. The standard InChI is InChI=1S/C20H20/c1-15(2)12-16-13-18-10-6-7-11-19(18)20(14-16)17-8-4-3-5-9-17/h3-11,14,16H,1,12-13H2,2H3. The first-order valence-electron chi connectivity index (χ1n) is 7.24. The molecule has 0 amide bonds. The maximum Gasteiger partial charge on any atom is -0.0146 e. The molecule has 100 valence electrons. The number of fused-ring (bicyclic) bond motifs is 1. The fourth-order valence-corrected chi connectivity index (χ4v) is 3.08. The van der Waals surface area contributed by atoms with Crippen LogP contribution in [0, 0.1) is 5.92 Å². The molecule has 1 atom stereocenters. The molecule has 0 aromatic heterocycles. The first-order chi connectivity index (χ1) is 9.74. The molecular weight excluding hydrogens is 240 g/mol. The normalized spacial score (nSPS) is 17.2. The second kappa shape index (κ2) is 5.50. The zero-order valence-corrected chi connectivity index (χ0v) is 12.0. The molecule has 1 unspecified atom stereocenters. The lowest BCUT2D eigenvalue weighted by atomic mass is 9.80. The summed E-state index contributed by atoms with van der Waals surface area (Å²) >= 11 is 0. The van der Waals surface area contributed by atoms with Crippen molar-refractivity contribution in [3.05, 3.63) is 89.5 Å². The monoisotopic (exact) mass is 260 g/mol. The summed E-state index contributed by atoms with van der Waals surface area (Å²) in [5.74, 6) is 0.567. The third-order valence-corrected chi connectivity index (χ3v) is 3.89. The quantitative estimate of drug-likeness (QED) is 0.661. The smallest absolute Gasteiger partial charge is 0.0146 e. The summed E-state index contributed by atoms with van der Waals surface area (Å²) in [4.78, 5) is 0. The van der Waals surface area contributed by atoms with E-state index in [1.54, 1.807) is 0 Å². The molecular formula is C20H20. The lowest BCUT2D eigenvalue weighted by Gasteiger charge is -2.24. The Morgan fingerprint density at radius 2 is 1.75 bits per heavy atom. The van der Waals surface area contributed by atoms with Crippen LogP contribution >= 0.6 is 0 Å². The Labute approximate surface area is 121 Å². The highest BCUT2D eigenvalue weighted by atomic mass is 14.2. The second-order valence-corrected chi connectivity index (χ2v) is 5.73. The number of rotatable bonds is 3. The topological polar surface area (TPSA) is 0 Å². The molecule has 0 nitrogen and oxygen atoms in total. The average Bonchev–Trinajstić information content (AvgIpc) is 2.47. The highest BCUT2D eigenvalue weighted by Crippen LogP contribution is 2.35. The van der Waals surface area contributed by atoms with Crippen molar-refractivity contribution < 1.29 is 0 Å². The molecule has 0 saturated carbocycles. The Balaban J connectivity index is 2.07. The van der Waals surface area contributed by atoms with Gasteiger partial charge >= 0.3 is 0 Å². The molecule has 1 aliphatic rings. The third kappa shape index (κ3) is 2.60. The number of hydrogen-bond donors (Lipinski definition) is 0. The Kier molecular flexibility index (Phi) is 3.56. The van der Waals surface area contributed by atoms with Crippen molar-refractivity contribution in [3.63, 3.8) is 0 Å². The Morgan fingerprint density at radius 3 is 2.50 bits per heavy atom. The highest BCUT2D eigenvalue weighted by Gasteiger charge is 2.19. The maximum absolute atomic E-state index is 4.07. The molecule has 3 rings (SSSR count). The van der Waals surface area contributed by atoms with Gasteiger partial charge in [-0.1, -0.05) is 66.2 Å². The van der Waals surface area contributed by atoms with Crippen LogP contribution in [0.3, 0.4) is 0 Å². The van der Waals surface area contributed by atoms with Crippen molar-refractivity contribution in [3.8, 4) is 0 Å². The lowest BCUT2D eigenvalue weighted by Crippen LogP contribution is -2.11. The molecule has 0 N–H and O–H groups in total. The van der Waals surface area contributed by atoms with Gasteiger partial charge in [0.1, 0.15) is 0 Å². The van der Waals surface area contributed by atoms with Gasteiger partial charge < -0.3 is 0 Å². The zero-order valence-electron chi connectivity index (χ0n) is 12.0. The van der Waals surface area contributed by atoms with Gasteiger partial charge in [-0.25, -0.2) is 0 Å². The van der Waals surface area contributed by atoms with Crippen molar-refractivity contribution in [2.75, 3.05) is 0 Å². The van der Waals surface area contributed by atoms with Crippen LogP contribution in [0.5, 0.6) is 0 Å². The van der Waals surface area contributed by atoms with Crippen LogP contribution in [0.4, 0.5) is 0 Å². The van der Waals surface area contributed by atoms with Crippen LogP contribution in [0.15, 0.2) is 72.8 Å². The molecule has 2 aromatic rings. The Bertz CT molecular complexity index is 647. The summed E-state index contributed by atoms with van der Waals surface area (Å²) < 4.78 is 0. The van der Waals surface area contributed by atoms with Crippen molar-refractivity contribution in [2.45, 2.75) is 19.8 Å². The van der Waals surface area contributed by atoms with Crippen LogP contribution in [-0.4, -0.2) is 0 Å². The third-order valence-electron chi connectivity index (χ3n) is 3.89. The highest BCUT2D eigenvalue weighted by molar-refractivity contribution is 5.82. The van der Waals surface area contributed by atoms with E-state index in [0.717, 1.165) is 12.8 Å². The van der Waals surface area contributed by atoms with Gasteiger partial charge in [-0.05, 0) is 47.9 Å². The molecule has 0 fully saturated rings. The largest absolute Gasteiger partial charge is 0.100 e. The van der Waals surface area contributed by atoms with Crippen molar-refractivity contribution >= 4 is 5.57 Å². The van der Waals surface area contributed by atoms with E-state index in [9.17, 15) is 0 Å². The molecule has 20 heavy (non-hydrogen) atoms. The van der Waals surface area contributed by atoms with E-state index < -0.39 is 0 Å². The summed E-state index contributed by atoms with van der Waals surface area (Å²) in [6.07, 6.45) is 4.64. The van der Waals surface area contributed by atoms with E-state index >= 15 is 0 Å². The molecule has 0 radical (unpaired) electrons. The molecule has 0 bridgehead atoms. The first kappa shape index (κ1) is 12.9. The van der Waals surface area contributed by atoms with Gasteiger partial charge in [0.25, 0.3) is 0 Å². The minimum Gasteiger partial charge on any atom is -0.100 e. The van der Waals surface area contributed by atoms with E-state index in [1.165, 1.54) is 27.8 Å². The summed E-state index contributed by atoms with van der Waals surface area (Å²) in [5.41, 5.74) is 6.79. The van der Waals surface area contributed by atoms with Crippen LogP contribution in [0.2, 0.25) is 0 Å². The van der Waals surface area contributed by atoms with Gasteiger partial charge in [0.15, 0.2) is 0 Å². The predicted molar refractivity (Wildman–Crippen MR) is 86.6 cm³/mol.